The van der Waals surface area contributed by atoms with Crippen LogP contribution >= 0.6 is 0 Å². The van der Waals surface area contributed by atoms with Crippen LogP contribution in [0.15, 0.2) is 42.5 Å². The van der Waals surface area contributed by atoms with Gasteiger partial charge in [-0.05, 0) is 35.9 Å². The molecule has 0 aliphatic rings. The van der Waals surface area contributed by atoms with Crippen LogP contribution in [-0.2, 0) is 6.54 Å². The zero-order valence-electron chi connectivity index (χ0n) is 11.6. The maximum absolute atomic E-state index is 8.97. The van der Waals surface area contributed by atoms with Gasteiger partial charge in [0.15, 0.2) is 0 Å². The first-order chi connectivity index (χ1) is 9.63. The van der Waals surface area contributed by atoms with Gasteiger partial charge in [-0.2, -0.15) is 5.26 Å². The van der Waals surface area contributed by atoms with E-state index < -0.39 is 0 Å². The molecule has 0 saturated carbocycles. The summed E-state index contributed by atoms with van der Waals surface area (Å²) in [6, 6.07) is 15.3. The Kier molecular flexibility index (Phi) is 4.11. The van der Waals surface area contributed by atoms with Crippen molar-refractivity contribution in [3.8, 4) is 11.8 Å². The van der Waals surface area contributed by atoms with Gasteiger partial charge >= 0.3 is 0 Å². The smallest absolute Gasteiger partial charge is 0.119 e. The molecule has 0 unspecified atom stereocenters. The molecule has 2 aromatic carbocycles. The molecule has 102 valence electrons. The minimum Gasteiger partial charge on any atom is -0.497 e. The Morgan fingerprint density at radius 2 is 2.05 bits per heavy atom. The third-order valence-corrected chi connectivity index (χ3v) is 3.12. The van der Waals surface area contributed by atoms with E-state index in [1.165, 1.54) is 0 Å². The summed E-state index contributed by atoms with van der Waals surface area (Å²) in [6.45, 7) is 0.691. The number of hydrogen-bond donors (Lipinski definition) is 1. The van der Waals surface area contributed by atoms with Crippen LogP contribution in [0.5, 0.6) is 5.75 Å². The average Bonchev–Trinajstić information content (AvgIpc) is 2.47. The van der Waals surface area contributed by atoms with Gasteiger partial charge < -0.3 is 15.4 Å². The molecule has 0 aliphatic heterocycles. The third kappa shape index (κ3) is 3.01. The molecular formula is C16H17N3O. The van der Waals surface area contributed by atoms with Crippen molar-refractivity contribution < 1.29 is 4.74 Å². The fourth-order valence-corrected chi connectivity index (χ4v) is 2.07. The largest absolute Gasteiger partial charge is 0.497 e. The number of anilines is 2. The number of nitrogens with two attached hydrogens (primary N) is 1. The number of nitriles is 1. The minimum atomic E-state index is 0.603. The van der Waals surface area contributed by atoms with Crippen molar-refractivity contribution in [2.75, 3.05) is 24.8 Å². The van der Waals surface area contributed by atoms with E-state index in [0.717, 1.165) is 17.0 Å². The van der Waals surface area contributed by atoms with E-state index in [4.69, 9.17) is 15.7 Å². The van der Waals surface area contributed by atoms with Gasteiger partial charge in [0.25, 0.3) is 0 Å². The summed E-state index contributed by atoms with van der Waals surface area (Å²) in [7, 11) is 3.60. The molecule has 0 fully saturated rings. The number of nitrogen functional groups attached to an aromatic ring is 1. The van der Waals surface area contributed by atoms with Gasteiger partial charge in [0.05, 0.1) is 30.1 Å². The van der Waals surface area contributed by atoms with Crippen LogP contribution in [0, 0.1) is 11.3 Å². The van der Waals surface area contributed by atoms with Crippen LogP contribution in [0.25, 0.3) is 0 Å². The second kappa shape index (κ2) is 5.98. The van der Waals surface area contributed by atoms with E-state index in [2.05, 4.69) is 6.07 Å². The molecule has 0 atom stereocenters. The van der Waals surface area contributed by atoms with Crippen LogP contribution in [0.1, 0.15) is 11.1 Å². The highest BCUT2D eigenvalue weighted by Gasteiger charge is 2.08. The van der Waals surface area contributed by atoms with Crippen LogP contribution in [0.2, 0.25) is 0 Å². The second-order valence-corrected chi connectivity index (χ2v) is 4.59. The van der Waals surface area contributed by atoms with Crippen LogP contribution < -0.4 is 15.4 Å². The SMILES string of the molecule is COc1cccc(CN(C)c2cc(C#N)ccc2N)c1. The fraction of sp³-hybridized carbons (Fsp3) is 0.188. The third-order valence-electron chi connectivity index (χ3n) is 3.12. The monoisotopic (exact) mass is 267 g/mol. The number of benzene rings is 2. The summed E-state index contributed by atoms with van der Waals surface area (Å²) in [5.41, 5.74) is 9.22. The molecule has 0 heterocycles. The van der Waals surface area contributed by atoms with Crippen molar-refractivity contribution in [1.82, 2.24) is 0 Å². The lowest BCUT2D eigenvalue weighted by Gasteiger charge is -2.21. The second-order valence-electron chi connectivity index (χ2n) is 4.59. The van der Waals surface area contributed by atoms with Gasteiger partial charge in [-0.25, -0.2) is 0 Å². The Hall–Kier alpha value is -2.67. The molecule has 20 heavy (non-hydrogen) atoms. The summed E-state index contributed by atoms with van der Waals surface area (Å²) in [6.07, 6.45) is 0. The topological polar surface area (TPSA) is 62.3 Å². The molecule has 0 saturated heterocycles. The average molecular weight is 267 g/mol. The van der Waals surface area contributed by atoms with E-state index in [9.17, 15) is 0 Å². The fourth-order valence-electron chi connectivity index (χ4n) is 2.07. The highest BCUT2D eigenvalue weighted by atomic mass is 16.5. The van der Waals surface area contributed by atoms with E-state index >= 15 is 0 Å². The number of ether oxygens (including phenoxy) is 1. The minimum absolute atomic E-state index is 0.603. The van der Waals surface area contributed by atoms with Crippen molar-refractivity contribution >= 4 is 11.4 Å². The first-order valence-corrected chi connectivity index (χ1v) is 6.27. The molecule has 0 aliphatic carbocycles. The molecule has 0 radical (unpaired) electrons. The van der Waals surface area contributed by atoms with E-state index in [-0.39, 0.29) is 0 Å². The maximum atomic E-state index is 8.97. The summed E-state index contributed by atoms with van der Waals surface area (Å²) in [5, 5.41) is 8.97. The van der Waals surface area contributed by atoms with Crippen molar-refractivity contribution in [3.63, 3.8) is 0 Å². The first-order valence-electron chi connectivity index (χ1n) is 6.27. The summed E-state index contributed by atoms with van der Waals surface area (Å²) in [4.78, 5) is 2.02. The van der Waals surface area contributed by atoms with Crippen molar-refractivity contribution in [1.29, 1.82) is 5.26 Å². The molecule has 4 nitrogen and oxygen atoms in total. The number of methoxy groups -OCH3 is 1. The molecule has 0 spiro atoms. The molecular weight excluding hydrogens is 250 g/mol. The predicted molar refractivity (Wildman–Crippen MR) is 80.7 cm³/mol. The Labute approximate surface area is 119 Å². The van der Waals surface area contributed by atoms with Gasteiger partial charge in [-0.3, -0.25) is 0 Å². The molecule has 0 bridgehead atoms. The Morgan fingerprint density at radius 1 is 1.25 bits per heavy atom. The summed E-state index contributed by atoms with van der Waals surface area (Å²) < 4.78 is 5.22. The van der Waals surface area contributed by atoms with Gasteiger partial charge in [-0.1, -0.05) is 12.1 Å². The lowest BCUT2D eigenvalue weighted by atomic mass is 10.1. The van der Waals surface area contributed by atoms with Gasteiger partial charge in [0.1, 0.15) is 5.75 Å². The Bertz CT molecular complexity index is 646. The lowest BCUT2D eigenvalue weighted by molar-refractivity contribution is 0.414. The quantitative estimate of drug-likeness (QED) is 0.865. The first kappa shape index (κ1) is 13.8. The van der Waals surface area contributed by atoms with Gasteiger partial charge in [-0.15, -0.1) is 0 Å². The van der Waals surface area contributed by atoms with E-state index in [1.807, 2.05) is 36.2 Å². The molecule has 4 heteroatoms. The lowest BCUT2D eigenvalue weighted by Crippen LogP contribution is -2.18. The van der Waals surface area contributed by atoms with Gasteiger partial charge in [0, 0.05) is 13.6 Å². The zero-order chi connectivity index (χ0) is 14.5. The highest BCUT2D eigenvalue weighted by molar-refractivity contribution is 5.69. The highest BCUT2D eigenvalue weighted by Crippen LogP contribution is 2.25. The molecule has 0 amide bonds. The number of nitrogens with zero attached hydrogens (tertiary/aromatic N) is 2. The van der Waals surface area contributed by atoms with Crippen LogP contribution in [0.4, 0.5) is 11.4 Å². The summed E-state index contributed by atoms with van der Waals surface area (Å²) >= 11 is 0. The van der Waals surface area contributed by atoms with Crippen molar-refractivity contribution in [2.45, 2.75) is 6.54 Å². The van der Waals surface area contributed by atoms with E-state index in [0.29, 0.717) is 17.8 Å². The molecule has 2 rings (SSSR count). The normalized spacial score (nSPS) is 9.85. The Balaban J connectivity index is 2.23. The predicted octanol–water partition coefficient (Wildman–Crippen LogP) is 2.79. The van der Waals surface area contributed by atoms with Crippen LogP contribution in [0.3, 0.4) is 0 Å². The molecule has 0 aromatic heterocycles. The van der Waals surface area contributed by atoms with Crippen molar-refractivity contribution in [2.24, 2.45) is 0 Å². The number of hydrogen-bond acceptors (Lipinski definition) is 4. The standard InChI is InChI=1S/C16H17N3O/c1-19(11-13-4-3-5-14(8-13)20-2)16-9-12(10-17)6-7-15(16)18/h3-9H,11,18H2,1-2H3. The summed E-state index contributed by atoms with van der Waals surface area (Å²) in [5.74, 6) is 0.828. The maximum Gasteiger partial charge on any atom is 0.119 e. The zero-order valence-corrected chi connectivity index (χ0v) is 11.6. The molecule has 2 aromatic rings. The number of rotatable bonds is 4. The van der Waals surface area contributed by atoms with Crippen LogP contribution in [-0.4, -0.2) is 14.2 Å². The van der Waals surface area contributed by atoms with Gasteiger partial charge in [0.2, 0.25) is 0 Å². The van der Waals surface area contributed by atoms with Crippen molar-refractivity contribution in [3.05, 3.63) is 53.6 Å². The molecule has 2 N–H and O–H groups in total. The Morgan fingerprint density at radius 3 is 2.75 bits per heavy atom. The van der Waals surface area contributed by atoms with E-state index in [1.54, 1.807) is 25.3 Å².